The molecule has 2 aromatic carbocycles. The number of hydrogen-bond donors (Lipinski definition) is 2. The second-order valence-electron chi connectivity index (χ2n) is 4.78. The van der Waals surface area contributed by atoms with Crippen LogP contribution in [-0.2, 0) is 9.53 Å². The van der Waals surface area contributed by atoms with Crippen molar-refractivity contribution in [3.63, 3.8) is 0 Å². The molecule has 0 bridgehead atoms. The third-order valence-corrected chi connectivity index (χ3v) is 3.82. The SMILES string of the molecule is COC(=O)c1ccc(C(=O)NCC(=O)Nc2ccccc2Br)cc1. The molecule has 2 aromatic rings. The summed E-state index contributed by atoms with van der Waals surface area (Å²) in [5.74, 6) is -1.23. The van der Waals surface area contributed by atoms with Crippen LogP contribution < -0.4 is 10.6 Å². The maximum Gasteiger partial charge on any atom is 0.337 e. The lowest BCUT2D eigenvalue weighted by molar-refractivity contribution is -0.115. The van der Waals surface area contributed by atoms with Crippen molar-refractivity contribution in [3.05, 3.63) is 64.1 Å². The molecule has 0 heterocycles. The Morgan fingerprint density at radius 3 is 2.25 bits per heavy atom. The van der Waals surface area contributed by atoms with E-state index < -0.39 is 11.9 Å². The molecule has 0 saturated carbocycles. The number of carbonyl (C=O) groups excluding carboxylic acids is 3. The van der Waals surface area contributed by atoms with Crippen LogP contribution in [0.3, 0.4) is 0 Å². The lowest BCUT2D eigenvalue weighted by Crippen LogP contribution is -2.32. The molecule has 2 amide bonds. The Bertz CT molecular complexity index is 759. The van der Waals surface area contributed by atoms with Gasteiger partial charge >= 0.3 is 5.97 Å². The van der Waals surface area contributed by atoms with E-state index in [1.165, 1.54) is 31.4 Å². The molecule has 2 rings (SSSR count). The maximum atomic E-state index is 12.0. The molecule has 7 heteroatoms. The van der Waals surface area contributed by atoms with E-state index in [0.717, 1.165) is 4.47 Å². The zero-order chi connectivity index (χ0) is 17.5. The monoisotopic (exact) mass is 390 g/mol. The predicted octanol–water partition coefficient (Wildman–Crippen LogP) is 2.60. The van der Waals surface area contributed by atoms with Crippen molar-refractivity contribution in [1.29, 1.82) is 0 Å². The van der Waals surface area contributed by atoms with Gasteiger partial charge in [-0.25, -0.2) is 4.79 Å². The van der Waals surface area contributed by atoms with Crippen LogP contribution in [0.25, 0.3) is 0 Å². The summed E-state index contributed by atoms with van der Waals surface area (Å²) in [5, 5.41) is 5.21. The first-order chi connectivity index (χ1) is 11.5. The van der Waals surface area contributed by atoms with Crippen molar-refractivity contribution >= 4 is 39.4 Å². The fourth-order valence-corrected chi connectivity index (χ4v) is 2.28. The van der Waals surface area contributed by atoms with Crippen molar-refractivity contribution < 1.29 is 19.1 Å². The summed E-state index contributed by atoms with van der Waals surface area (Å²) in [6.45, 7) is -0.168. The number of benzene rings is 2. The van der Waals surface area contributed by atoms with Crippen LogP contribution in [0.4, 0.5) is 5.69 Å². The Labute approximate surface area is 147 Å². The van der Waals surface area contributed by atoms with Crippen LogP contribution in [0.5, 0.6) is 0 Å². The van der Waals surface area contributed by atoms with Gasteiger partial charge in [0.25, 0.3) is 5.91 Å². The third-order valence-electron chi connectivity index (χ3n) is 3.13. The molecule has 2 N–H and O–H groups in total. The Morgan fingerprint density at radius 2 is 1.62 bits per heavy atom. The highest BCUT2D eigenvalue weighted by Gasteiger charge is 2.11. The van der Waals surface area contributed by atoms with Gasteiger partial charge in [0, 0.05) is 10.0 Å². The van der Waals surface area contributed by atoms with Gasteiger partial charge in [0.15, 0.2) is 0 Å². The van der Waals surface area contributed by atoms with Gasteiger partial charge in [0.2, 0.25) is 5.91 Å². The van der Waals surface area contributed by atoms with E-state index in [4.69, 9.17) is 0 Å². The third kappa shape index (κ3) is 4.66. The number of ether oxygens (including phenoxy) is 1. The topological polar surface area (TPSA) is 84.5 Å². The average Bonchev–Trinajstić information content (AvgIpc) is 2.61. The van der Waals surface area contributed by atoms with Crippen molar-refractivity contribution in [2.24, 2.45) is 0 Å². The highest BCUT2D eigenvalue weighted by Crippen LogP contribution is 2.20. The van der Waals surface area contributed by atoms with Gasteiger partial charge in [0.05, 0.1) is 24.9 Å². The molecule has 0 atom stereocenters. The molecule has 0 aliphatic heterocycles. The first-order valence-electron chi connectivity index (χ1n) is 7.02. The first-order valence-corrected chi connectivity index (χ1v) is 7.81. The van der Waals surface area contributed by atoms with E-state index in [1.54, 1.807) is 18.2 Å². The van der Waals surface area contributed by atoms with Crippen molar-refractivity contribution in [3.8, 4) is 0 Å². The quantitative estimate of drug-likeness (QED) is 0.768. The largest absolute Gasteiger partial charge is 0.465 e. The summed E-state index contributed by atoms with van der Waals surface area (Å²) in [5.41, 5.74) is 1.32. The minimum Gasteiger partial charge on any atom is -0.465 e. The lowest BCUT2D eigenvalue weighted by Gasteiger charge is -2.08. The Hall–Kier alpha value is -2.67. The smallest absolute Gasteiger partial charge is 0.337 e. The van der Waals surface area contributed by atoms with E-state index in [1.807, 2.05) is 6.07 Å². The Balaban J connectivity index is 1.89. The van der Waals surface area contributed by atoms with Crippen LogP contribution in [0, 0.1) is 0 Å². The van der Waals surface area contributed by atoms with Gasteiger partial charge in [-0.15, -0.1) is 0 Å². The van der Waals surface area contributed by atoms with Gasteiger partial charge in [-0.3, -0.25) is 9.59 Å². The highest BCUT2D eigenvalue weighted by atomic mass is 79.9. The van der Waals surface area contributed by atoms with Crippen LogP contribution in [0.1, 0.15) is 20.7 Å². The van der Waals surface area contributed by atoms with Crippen LogP contribution in [0.2, 0.25) is 0 Å². The molecular formula is C17H15BrN2O4. The van der Waals surface area contributed by atoms with Crippen molar-refractivity contribution in [2.75, 3.05) is 19.0 Å². The van der Waals surface area contributed by atoms with E-state index in [2.05, 4.69) is 31.3 Å². The number of methoxy groups -OCH3 is 1. The molecule has 24 heavy (non-hydrogen) atoms. The Kier molecular flexibility index (Phi) is 6.08. The van der Waals surface area contributed by atoms with Crippen LogP contribution in [-0.4, -0.2) is 31.4 Å². The second kappa shape index (κ2) is 8.26. The number of nitrogens with one attached hydrogen (secondary N) is 2. The van der Waals surface area contributed by atoms with Gasteiger partial charge in [-0.1, -0.05) is 12.1 Å². The van der Waals surface area contributed by atoms with Gasteiger partial charge in [-0.2, -0.15) is 0 Å². The summed E-state index contributed by atoms with van der Waals surface area (Å²) in [6, 6.07) is 13.1. The van der Waals surface area contributed by atoms with Crippen LogP contribution >= 0.6 is 15.9 Å². The number of amides is 2. The number of para-hydroxylation sites is 1. The summed E-state index contributed by atoms with van der Waals surface area (Å²) in [7, 11) is 1.28. The van der Waals surface area contributed by atoms with Gasteiger partial charge in [-0.05, 0) is 52.3 Å². The molecule has 0 aliphatic carbocycles. The highest BCUT2D eigenvalue weighted by molar-refractivity contribution is 9.10. The molecular weight excluding hydrogens is 376 g/mol. The van der Waals surface area contributed by atoms with Gasteiger partial charge in [0.1, 0.15) is 0 Å². The summed E-state index contributed by atoms with van der Waals surface area (Å²) in [4.78, 5) is 35.2. The molecule has 0 spiro atoms. The number of halogens is 1. The standard InChI is InChI=1S/C17H15BrN2O4/c1-24-17(23)12-8-6-11(7-9-12)16(22)19-10-15(21)20-14-5-3-2-4-13(14)18/h2-9H,10H2,1H3,(H,19,22)(H,20,21). The molecule has 0 saturated heterocycles. The maximum absolute atomic E-state index is 12.0. The minimum absolute atomic E-state index is 0.168. The number of hydrogen-bond acceptors (Lipinski definition) is 4. The number of rotatable bonds is 5. The fourth-order valence-electron chi connectivity index (χ4n) is 1.90. The van der Waals surface area contributed by atoms with E-state index in [-0.39, 0.29) is 12.5 Å². The second-order valence-corrected chi connectivity index (χ2v) is 5.63. The molecule has 0 aliphatic rings. The summed E-state index contributed by atoms with van der Waals surface area (Å²) < 4.78 is 5.34. The predicted molar refractivity (Wildman–Crippen MR) is 92.9 cm³/mol. The first kappa shape index (κ1) is 17.7. The average molecular weight is 391 g/mol. The normalized spacial score (nSPS) is 9.92. The number of anilines is 1. The Morgan fingerprint density at radius 1 is 1.00 bits per heavy atom. The van der Waals surface area contributed by atoms with E-state index in [0.29, 0.717) is 16.8 Å². The fraction of sp³-hybridized carbons (Fsp3) is 0.118. The number of esters is 1. The zero-order valence-corrected chi connectivity index (χ0v) is 14.4. The molecule has 124 valence electrons. The molecule has 0 unspecified atom stereocenters. The summed E-state index contributed by atoms with van der Waals surface area (Å²) >= 11 is 3.33. The minimum atomic E-state index is -0.477. The van der Waals surface area contributed by atoms with Gasteiger partial charge < -0.3 is 15.4 Å². The van der Waals surface area contributed by atoms with Crippen LogP contribution in [0.15, 0.2) is 53.0 Å². The molecule has 0 radical (unpaired) electrons. The molecule has 6 nitrogen and oxygen atoms in total. The van der Waals surface area contributed by atoms with Crippen molar-refractivity contribution in [1.82, 2.24) is 5.32 Å². The van der Waals surface area contributed by atoms with E-state index >= 15 is 0 Å². The molecule has 0 aromatic heterocycles. The lowest BCUT2D eigenvalue weighted by atomic mass is 10.1. The molecule has 0 fully saturated rings. The number of carbonyl (C=O) groups is 3. The zero-order valence-electron chi connectivity index (χ0n) is 12.8. The van der Waals surface area contributed by atoms with Crippen molar-refractivity contribution in [2.45, 2.75) is 0 Å². The summed E-state index contributed by atoms with van der Waals surface area (Å²) in [6.07, 6.45) is 0. The van der Waals surface area contributed by atoms with E-state index in [9.17, 15) is 14.4 Å².